The first-order valence-corrected chi connectivity index (χ1v) is 5.23. The fourth-order valence-corrected chi connectivity index (χ4v) is 1.60. The van der Waals surface area contributed by atoms with Crippen LogP contribution in [0.15, 0.2) is 30.5 Å². The van der Waals surface area contributed by atoms with Gasteiger partial charge in [0.15, 0.2) is 0 Å². The number of nitrogens with zero attached hydrogens (tertiary/aromatic N) is 2. The molecule has 1 heterocycles. The van der Waals surface area contributed by atoms with Gasteiger partial charge in [-0.15, -0.1) is 0 Å². The SMILES string of the molecule is Cc1ccc(NCc2ccnn2C)c(N)c1. The molecule has 3 N–H and O–H groups in total. The summed E-state index contributed by atoms with van der Waals surface area (Å²) in [5.74, 6) is 0. The fraction of sp³-hybridized carbons (Fsp3) is 0.250. The summed E-state index contributed by atoms with van der Waals surface area (Å²) in [6, 6.07) is 7.99. The van der Waals surface area contributed by atoms with Crippen molar-refractivity contribution in [2.45, 2.75) is 13.5 Å². The van der Waals surface area contributed by atoms with Crippen molar-refractivity contribution < 1.29 is 0 Å². The number of hydrogen-bond acceptors (Lipinski definition) is 3. The predicted octanol–water partition coefficient (Wildman–Crippen LogP) is 1.92. The third-order valence-corrected chi connectivity index (χ3v) is 2.59. The Balaban J connectivity index is 2.08. The van der Waals surface area contributed by atoms with E-state index in [0.717, 1.165) is 23.6 Å². The monoisotopic (exact) mass is 216 g/mol. The first-order chi connectivity index (χ1) is 7.66. The zero-order valence-corrected chi connectivity index (χ0v) is 9.57. The molecule has 0 radical (unpaired) electrons. The number of aryl methyl sites for hydroxylation is 2. The largest absolute Gasteiger partial charge is 0.397 e. The highest BCUT2D eigenvalue weighted by atomic mass is 15.3. The number of hydrogen-bond donors (Lipinski definition) is 2. The highest BCUT2D eigenvalue weighted by Crippen LogP contribution is 2.19. The molecule has 84 valence electrons. The zero-order valence-electron chi connectivity index (χ0n) is 9.57. The van der Waals surface area contributed by atoms with Crippen molar-refractivity contribution in [2.24, 2.45) is 7.05 Å². The van der Waals surface area contributed by atoms with E-state index >= 15 is 0 Å². The lowest BCUT2D eigenvalue weighted by Gasteiger charge is -2.09. The minimum absolute atomic E-state index is 0.726. The Morgan fingerprint density at radius 3 is 2.81 bits per heavy atom. The zero-order chi connectivity index (χ0) is 11.5. The van der Waals surface area contributed by atoms with Gasteiger partial charge in [-0.25, -0.2) is 0 Å². The molecule has 1 aromatic carbocycles. The van der Waals surface area contributed by atoms with Gasteiger partial charge in [0.05, 0.1) is 23.6 Å². The van der Waals surface area contributed by atoms with Gasteiger partial charge in [-0.1, -0.05) is 6.07 Å². The van der Waals surface area contributed by atoms with Gasteiger partial charge in [-0.3, -0.25) is 4.68 Å². The standard InChI is InChI=1S/C12H16N4/c1-9-3-4-12(11(13)7-9)14-8-10-5-6-15-16(10)2/h3-7,14H,8,13H2,1-2H3. The van der Waals surface area contributed by atoms with E-state index in [2.05, 4.69) is 10.4 Å². The van der Waals surface area contributed by atoms with E-state index < -0.39 is 0 Å². The summed E-state index contributed by atoms with van der Waals surface area (Å²) in [5.41, 5.74) is 9.95. The van der Waals surface area contributed by atoms with E-state index in [1.165, 1.54) is 5.56 Å². The first kappa shape index (κ1) is 10.5. The molecule has 4 nitrogen and oxygen atoms in total. The summed E-state index contributed by atoms with van der Waals surface area (Å²) in [6.07, 6.45) is 1.79. The number of nitrogens with one attached hydrogen (secondary N) is 1. The first-order valence-electron chi connectivity index (χ1n) is 5.23. The second kappa shape index (κ2) is 4.26. The maximum Gasteiger partial charge on any atom is 0.0577 e. The van der Waals surface area contributed by atoms with Crippen LogP contribution in [-0.2, 0) is 13.6 Å². The smallest absolute Gasteiger partial charge is 0.0577 e. The Hall–Kier alpha value is -1.97. The van der Waals surface area contributed by atoms with Crippen molar-refractivity contribution in [2.75, 3.05) is 11.1 Å². The molecule has 0 saturated carbocycles. The Kier molecular flexibility index (Phi) is 2.81. The molecule has 1 aromatic heterocycles. The third kappa shape index (κ3) is 2.16. The molecular weight excluding hydrogens is 200 g/mol. The van der Waals surface area contributed by atoms with Crippen LogP contribution in [0, 0.1) is 6.92 Å². The highest BCUT2D eigenvalue weighted by molar-refractivity contribution is 5.66. The molecule has 0 unspecified atom stereocenters. The third-order valence-electron chi connectivity index (χ3n) is 2.59. The minimum atomic E-state index is 0.726. The van der Waals surface area contributed by atoms with Crippen molar-refractivity contribution in [3.63, 3.8) is 0 Å². The van der Waals surface area contributed by atoms with Crippen LogP contribution < -0.4 is 11.1 Å². The Labute approximate surface area is 95.1 Å². The number of rotatable bonds is 3. The molecule has 0 aliphatic heterocycles. The highest BCUT2D eigenvalue weighted by Gasteiger charge is 2.01. The van der Waals surface area contributed by atoms with Gasteiger partial charge >= 0.3 is 0 Å². The van der Waals surface area contributed by atoms with Crippen LogP contribution in [0.25, 0.3) is 0 Å². The van der Waals surface area contributed by atoms with Crippen molar-refractivity contribution in [1.82, 2.24) is 9.78 Å². The van der Waals surface area contributed by atoms with Crippen molar-refractivity contribution >= 4 is 11.4 Å². The molecule has 16 heavy (non-hydrogen) atoms. The van der Waals surface area contributed by atoms with E-state index in [9.17, 15) is 0 Å². The van der Waals surface area contributed by atoms with Crippen LogP contribution in [0.3, 0.4) is 0 Å². The van der Waals surface area contributed by atoms with E-state index in [1.54, 1.807) is 6.20 Å². The number of benzene rings is 1. The minimum Gasteiger partial charge on any atom is -0.397 e. The van der Waals surface area contributed by atoms with Gasteiger partial charge in [0.1, 0.15) is 0 Å². The summed E-state index contributed by atoms with van der Waals surface area (Å²) < 4.78 is 1.84. The summed E-state index contributed by atoms with van der Waals surface area (Å²) in [6.45, 7) is 2.75. The number of aromatic nitrogens is 2. The average molecular weight is 216 g/mol. The second-order valence-corrected chi connectivity index (χ2v) is 3.89. The van der Waals surface area contributed by atoms with E-state index in [0.29, 0.717) is 0 Å². The molecule has 0 aliphatic rings. The van der Waals surface area contributed by atoms with Gasteiger partial charge in [-0.2, -0.15) is 5.10 Å². The normalized spacial score (nSPS) is 10.4. The van der Waals surface area contributed by atoms with Gasteiger partial charge in [0.25, 0.3) is 0 Å². The van der Waals surface area contributed by atoms with Crippen LogP contribution in [0.1, 0.15) is 11.3 Å². The summed E-state index contributed by atoms with van der Waals surface area (Å²) in [4.78, 5) is 0. The molecular formula is C12H16N4. The molecule has 0 aliphatic carbocycles. The average Bonchev–Trinajstić information content (AvgIpc) is 2.63. The summed E-state index contributed by atoms with van der Waals surface area (Å²) in [7, 11) is 1.93. The van der Waals surface area contributed by atoms with Crippen LogP contribution in [-0.4, -0.2) is 9.78 Å². The van der Waals surface area contributed by atoms with Crippen LogP contribution in [0.2, 0.25) is 0 Å². The Morgan fingerprint density at radius 2 is 2.19 bits per heavy atom. The quantitative estimate of drug-likeness (QED) is 0.771. The van der Waals surface area contributed by atoms with E-state index in [-0.39, 0.29) is 0 Å². The lowest BCUT2D eigenvalue weighted by atomic mass is 10.2. The summed E-state index contributed by atoms with van der Waals surface area (Å²) >= 11 is 0. The summed E-state index contributed by atoms with van der Waals surface area (Å²) in [5, 5.41) is 7.41. The van der Waals surface area contributed by atoms with Crippen LogP contribution in [0.4, 0.5) is 11.4 Å². The molecule has 0 saturated heterocycles. The lowest BCUT2D eigenvalue weighted by molar-refractivity contribution is 0.720. The lowest BCUT2D eigenvalue weighted by Crippen LogP contribution is -2.06. The van der Waals surface area contributed by atoms with Crippen LogP contribution >= 0.6 is 0 Å². The molecule has 0 atom stereocenters. The second-order valence-electron chi connectivity index (χ2n) is 3.89. The number of nitrogen functional groups attached to an aromatic ring is 1. The molecule has 2 rings (SSSR count). The molecule has 0 amide bonds. The van der Waals surface area contributed by atoms with E-state index in [4.69, 9.17) is 5.73 Å². The van der Waals surface area contributed by atoms with E-state index in [1.807, 2.05) is 42.9 Å². The van der Waals surface area contributed by atoms with Crippen LogP contribution in [0.5, 0.6) is 0 Å². The van der Waals surface area contributed by atoms with Gasteiger partial charge in [0, 0.05) is 13.2 Å². The molecule has 0 spiro atoms. The fourth-order valence-electron chi connectivity index (χ4n) is 1.60. The van der Waals surface area contributed by atoms with Crippen molar-refractivity contribution in [3.05, 3.63) is 41.7 Å². The maximum absolute atomic E-state index is 5.91. The predicted molar refractivity (Wildman–Crippen MR) is 66.1 cm³/mol. The Bertz CT molecular complexity index is 488. The number of nitrogens with two attached hydrogens (primary N) is 1. The molecule has 0 bridgehead atoms. The van der Waals surface area contributed by atoms with Gasteiger partial charge < -0.3 is 11.1 Å². The Morgan fingerprint density at radius 1 is 1.38 bits per heavy atom. The topological polar surface area (TPSA) is 55.9 Å². The van der Waals surface area contributed by atoms with Gasteiger partial charge in [-0.05, 0) is 30.7 Å². The molecule has 4 heteroatoms. The van der Waals surface area contributed by atoms with Crippen molar-refractivity contribution in [3.8, 4) is 0 Å². The van der Waals surface area contributed by atoms with Gasteiger partial charge in [0.2, 0.25) is 0 Å². The number of anilines is 2. The molecule has 2 aromatic rings. The molecule has 0 fully saturated rings. The maximum atomic E-state index is 5.91. The van der Waals surface area contributed by atoms with Crippen molar-refractivity contribution in [1.29, 1.82) is 0 Å².